The predicted molar refractivity (Wildman–Crippen MR) is 70.2 cm³/mol. The molecule has 3 heteroatoms. The monoisotopic (exact) mass is 232 g/mol. The molecule has 1 heterocycles. The van der Waals surface area contributed by atoms with Crippen LogP contribution in [0.2, 0.25) is 0 Å². The smallest absolute Gasteiger partial charge is 0.199 e. The Morgan fingerprint density at radius 1 is 1.35 bits per heavy atom. The van der Waals surface area contributed by atoms with Crippen molar-refractivity contribution < 1.29 is 4.42 Å². The highest BCUT2D eigenvalue weighted by Crippen LogP contribution is 2.27. The fourth-order valence-electron chi connectivity index (χ4n) is 2.26. The second-order valence-electron chi connectivity index (χ2n) is 4.70. The SMILES string of the molecule is CCCC(CN)c1nc2cc(C)cc(C)c2o1. The molecule has 1 aromatic carbocycles. The summed E-state index contributed by atoms with van der Waals surface area (Å²) in [7, 11) is 0. The van der Waals surface area contributed by atoms with E-state index in [1.54, 1.807) is 0 Å². The number of hydrogen-bond donors (Lipinski definition) is 1. The minimum absolute atomic E-state index is 0.243. The first kappa shape index (κ1) is 12.1. The molecule has 0 radical (unpaired) electrons. The number of oxazole rings is 1. The molecule has 0 amide bonds. The third-order valence-electron chi connectivity index (χ3n) is 3.11. The summed E-state index contributed by atoms with van der Waals surface area (Å²) in [6.45, 7) is 6.88. The van der Waals surface area contributed by atoms with Gasteiger partial charge in [-0.15, -0.1) is 0 Å². The average Bonchev–Trinajstić information content (AvgIpc) is 2.69. The van der Waals surface area contributed by atoms with E-state index in [0.717, 1.165) is 35.4 Å². The lowest BCUT2D eigenvalue weighted by molar-refractivity contribution is 0.452. The fourth-order valence-corrected chi connectivity index (χ4v) is 2.26. The van der Waals surface area contributed by atoms with E-state index < -0.39 is 0 Å². The molecule has 0 spiro atoms. The second kappa shape index (κ2) is 4.88. The lowest BCUT2D eigenvalue weighted by atomic mass is 10.0. The van der Waals surface area contributed by atoms with Gasteiger partial charge in [-0.25, -0.2) is 4.98 Å². The normalized spacial score (nSPS) is 13.2. The van der Waals surface area contributed by atoms with E-state index in [9.17, 15) is 0 Å². The van der Waals surface area contributed by atoms with Crippen LogP contribution in [0.25, 0.3) is 11.1 Å². The fraction of sp³-hybridized carbons (Fsp3) is 0.500. The molecule has 3 nitrogen and oxygen atoms in total. The molecule has 0 saturated carbocycles. The van der Waals surface area contributed by atoms with E-state index >= 15 is 0 Å². The van der Waals surface area contributed by atoms with Crippen LogP contribution >= 0.6 is 0 Å². The van der Waals surface area contributed by atoms with Crippen LogP contribution in [0.3, 0.4) is 0 Å². The molecule has 17 heavy (non-hydrogen) atoms. The van der Waals surface area contributed by atoms with Crippen LogP contribution < -0.4 is 5.73 Å². The topological polar surface area (TPSA) is 52.0 Å². The Morgan fingerprint density at radius 3 is 2.76 bits per heavy atom. The summed E-state index contributed by atoms with van der Waals surface area (Å²) < 4.78 is 5.87. The second-order valence-corrected chi connectivity index (χ2v) is 4.70. The van der Waals surface area contributed by atoms with Gasteiger partial charge in [0.1, 0.15) is 5.52 Å². The van der Waals surface area contributed by atoms with E-state index in [-0.39, 0.29) is 5.92 Å². The zero-order chi connectivity index (χ0) is 12.4. The molecule has 2 aromatic rings. The number of aromatic nitrogens is 1. The third kappa shape index (κ3) is 2.34. The Balaban J connectivity index is 2.46. The van der Waals surface area contributed by atoms with Gasteiger partial charge in [-0.3, -0.25) is 0 Å². The van der Waals surface area contributed by atoms with Gasteiger partial charge in [0.15, 0.2) is 11.5 Å². The standard InChI is InChI=1S/C14H20N2O/c1-4-5-11(8-15)14-16-12-7-9(2)6-10(3)13(12)17-14/h6-7,11H,4-5,8,15H2,1-3H3. The maximum Gasteiger partial charge on any atom is 0.199 e. The van der Waals surface area contributed by atoms with E-state index in [0.29, 0.717) is 6.54 Å². The highest BCUT2D eigenvalue weighted by atomic mass is 16.3. The first-order chi connectivity index (χ1) is 8.15. The van der Waals surface area contributed by atoms with Crippen LogP contribution in [0.4, 0.5) is 0 Å². The van der Waals surface area contributed by atoms with E-state index in [1.165, 1.54) is 5.56 Å². The van der Waals surface area contributed by atoms with Gasteiger partial charge in [0.05, 0.1) is 0 Å². The number of fused-ring (bicyclic) bond motifs is 1. The average molecular weight is 232 g/mol. The number of nitrogens with zero attached hydrogens (tertiary/aromatic N) is 1. The van der Waals surface area contributed by atoms with Gasteiger partial charge in [0, 0.05) is 12.5 Å². The molecule has 2 N–H and O–H groups in total. The van der Waals surface area contributed by atoms with Crippen LogP contribution in [0, 0.1) is 13.8 Å². The molecule has 0 aliphatic rings. The van der Waals surface area contributed by atoms with Crippen molar-refractivity contribution in [2.24, 2.45) is 5.73 Å². The van der Waals surface area contributed by atoms with Crippen molar-refractivity contribution in [3.8, 4) is 0 Å². The van der Waals surface area contributed by atoms with Crippen molar-refractivity contribution >= 4 is 11.1 Å². The zero-order valence-corrected chi connectivity index (χ0v) is 10.8. The Kier molecular flexibility index (Phi) is 3.48. The number of nitrogens with two attached hydrogens (primary N) is 1. The number of benzene rings is 1. The lowest BCUT2D eigenvalue weighted by Crippen LogP contribution is -2.12. The summed E-state index contributed by atoms with van der Waals surface area (Å²) >= 11 is 0. The summed E-state index contributed by atoms with van der Waals surface area (Å²) in [6, 6.07) is 4.18. The molecule has 1 aromatic heterocycles. The Hall–Kier alpha value is -1.35. The highest BCUT2D eigenvalue weighted by molar-refractivity contribution is 5.77. The number of hydrogen-bond acceptors (Lipinski definition) is 3. The molecule has 2 rings (SSSR count). The maximum absolute atomic E-state index is 5.87. The molecular weight excluding hydrogens is 212 g/mol. The molecule has 0 bridgehead atoms. The summed E-state index contributed by atoms with van der Waals surface area (Å²) in [5, 5.41) is 0. The number of aryl methyl sites for hydroxylation is 2. The third-order valence-corrected chi connectivity index (χ3v) is 3.11. The first-order valence-electron chi connectivity index (χ1n) is 6.23. The molecule has 92 valence electrons. The van der Waals surface area contributed by atoms with Crippen molar-refractivity contribution in [2.75, 3.05) is 6.54 Å². The minimum atomic E-state index is 0.243. The Labute approximate surface area is 102 Å². The quantitative estimate of drug-likeness (QED) is 0.880. The molecule has 0 fully saturated rings. The van der Waals surface area contributed by atoms with Gasteiger partial charge in [-0.1, -0.05) is 19.4 Å². The van der Waals surface area contributed by atoms with Crippen LogP contribution in [-0.2, 0) is 0 Å². The van der Waals surface area contributed by atoms with E-state index in [1.807, 2.05) is 0 Å². The largest absolute Gasteiger partial charge is 0.440 e. The van der Waals surface area contributed by atoms with Gasteiger partial charge in [-0.2, -0.15) is 0 Å². The summed E-state index contributed by atoms with van der Waals surface area (Å²) in [4.78, 5) is 4.58. The maximum atomic E-state index is 5.87. The first-order valence-corrected chi connectivity index (χ1v) is 6.23. The summed E-state index contributed by atoms with van der Waals surface area (Å²) in [5.74, 6) is 1.03. The summed E-state index contributed by atoms with van der Waals surface area (Å²) in [5.41, 5.74) is 10.00. The predicted octanol–water partition coefficient (Wildman–Crippen LogP) is 3.29. The van der Waals surface area contributed by atoms with E-state index in [4.69, 9.17) is 10.2 Å². The van der Waals surface area contributed by atoms with Crippen molar-refractivity contribution in [1.29, 1.82) is 0 Å². The van der Waals surface area contributed by atoms with Gasteiger partial charge in [0.25, 0.3) is 0 Å². The van der Waals surface area contributed by atoms with Crippen LogP contribution in [0.15, 0.2) is 16.5 Å². The molecule has 0 aliphatic carbocycles. The van der Waals surface area contributed by atoms with Gasteiger partial charge >= 0.3 is 0 Å². The van der Waals surface area contributed by atoms with Crippen LogP contribution in [-0.4, -0.2) is 11.5 Å². The zero-order valence-electron chi connectivity index (χ0n) is 10.8. The van der Waals surface area contributed by atoms with Crippen molar-refractivity contribution in [3.63, 3.8) is 0 Å². The number of rotatable bonds is 4. The highest BCUT2D eigenvalue weighted by Gasteiger charge is 2.16. The molecule has 1 atom stereocenters. The molecule has 0 aliphatic heterocycles. The summed E-state index contributed by atoms with van der Waals surface area (Å²) in [6.07, 6.45) is 2.12. The minimum Gasteiger partial charge on any atom is -0.440 e. The van der Waals surface area contributed by atoms with Gasteiger partial charge in [0.2, 0.25) is 0 Å². The van der Waals surface area contributed by atoms with Crippen molar-refractivity contribution in [1.82, 2.24) is 4.98 Å². The van der Waals surface area contributed by atoms with Gasteiger partial charge in [-0.05, 0) is 37.5 Å². The molecular formula is C14H20N2O. The van der Waals surface area contributed by atoms with Gasteiger partial charge < -0.3 is 10.2 Å². The van der Waals surface area contributed by atoms with E-state index in [2.05, 4.69) is 37.9 Å². The van der Waals surface area contributed by atoms with Crippen LogP contribution in [0.5, 0.6) is 0 Å². The lowest BCUT2D eigenvalue weighted by Gasteiger charge is -2.07. The molecule has 1 unspecified atom stereocenters. The Morgan fingerprint density at radius 2 is 2.12 bits per heavy atom. The van der Waals surface area contributed by atoms with Crippen molar-refractivity contribution in [3.05, 3.63) is 29.2 Å². The molecule has 0 saturated heterocycles. The Bertz CT molecular complexity index is 516. The van der Waals surface area contributed by atoms with Crippen molar-refractivity contribution in [2.45, 2.75) is 39.5 Å². The van der Waals surface area contributed by atoms with Crippen LogP contribution in [0.1, 0.15) is 42.7 Å².